The number of likely N-dealkylation sites (tertiary alicyclic amines) is 1. The van der Waals surface area contributed by atoms with Crippen molar-refractivity contribution in [3.05, 3.63) is 29.3 Å². The second-order valence-corrected chi connectivity index (χ2v) is 4.33. The molecule has 1 heterocycles. The van der Waals surface area contributed by atoms with Gasteiger partial charge in [-0.2, -0.15) is 0 Å². The number of aliphatic hydroxyl groups excluding tert-OH is 1. The van der Waals surface area contributed by atoms with E-state index < -0.39 is 17.5 Å². The Morgan fingerprint density at radius 3 is 2.83 bits per heavy atom. The van der Waals surface area contributed by atoms with Gasteiger partial charge in [0.25, 0.3) is 5.91 Å². The molecule has 1 fully saturated rings. The minimum atomic E-state index is -0.935. The first-order chi connectivity index (χ1) is 8.54. The molecular weight excluding hydrogens is 242 g/mol. The number of halogens is 2. The first-order valence-corrected chi connectivity index (χ1v) is 5.71. The lowest BCUT2D eigenvalue weighted by molar-refractivity contribution is 0.0673. The monoisotopic (exact) mass is 256 g/mol. The quantitative estimate of drug-likeness (QED) is 0.780. The summed E-state index contributed by atoms with van der Waals surface area (Å²) in [6.45, 7) is 0.296. The van der Waals surface area contributed by atoms with E-state index in [0.29, 0.717) is 19.0 Å². The van der Waals surface area contributed by atoms with Crippen molar-refractivity contribution < 1.29 is 18.7 Å². The van der Waals surface area contributed by atoms with Gasteiger partial charge < -0.3 is 15.7 Å². The van der Waals surface area contributed by atoms with E-state index in [0.717, 1.165) is 12.5 Å². The van der Waals surface area contributed by atoms with Crippen LogP contribution in [0.15, 0.2) is 12.1 Å². The number of anilines is 1. The number of hydrogen-bond acceptors (Lipinski definition) is 3. The molecule has 1 saturated heterocycles. The number of carbonyl (C=O) groups excluding carboxylic acids is 1. The van der Waals surface area contributed by atoms with E-state index in [1.165, 1.54) is 4.90 Å². The maximum Gasteiger partial charge on any atom is 0.257 e. The predicted octanol–water partition coefficient (Wildman–Crippen LogP) is 1.14. The average molecular weight is 256 g/mol. The van der Waals surface area contributed by atoms with Crippen molar-refractivity contribution in [1.29, 1.82) is 0 Å². The first-order valence-electron chi connectivity index (χ1n) is 5.71. The summed E-state index contributed by atoms with van der Waals surface area (Å²) in [7, 11) is 0. The molecule has 4 nitrogen and oxygen atoms in total. The Morgan fingerprint density at radius 1 is 1.44 bits per heavy atom. The van der Waals surface area contributed by atoms with E-state index in [9.17, 15) is 13.6 Å². The SMILES string of the molecule is Nc1cc(C(=O)N2CCC[C@@H]2CO)c(F)cc1F. The molecule has 0 saturated carbocycles. The van der Waals surface area contributed by atoms with Crippen molar-refractivity contribution in [3.8, 4) is 0 Å². The predicted molar refractivity (Wildman–Crippen MR) is 61.9 cm³/mol. The molecule has 18 heavy (non-hydrogen) atoms. The molecule has 2 rings (SSSR count). The van der Waals surface area contributed by atoms with Gasteiger partial charge in [0.2, 0.25) is 0 Å². The molecule has 0 bridgehead atoms. The minimum absolute atomic E-state index is 0.163. The first kappa shape index (κ1) is 12.8. The highest BCUT2D eigenvalue weighted by molar-refractivity contribution is 5.95. The number of aliphatic hydroxyl groups is 1. The molecule has 1 aliphatic rings. The maximum absolute atomic E-state index is 13.6. The van der Waals surface area contributed by atoms with Crippen LogP contribution in [0.2, 0.25) is 0 Å². The van der Waals surface area contributed by atoms with Crippen LogP contribution in [0.4, 0.5) is 14.5 Å². The number of nitrogens with two attached hydrogens (primary N) is 1. The van der Waals surface area contributed by atoms with Crippen molar-refractivity contribution >= 4 is 11.6 Å². The number of amides is 1. The van der Waals surface area contributed by atoms with Gasteiger partial charge in [0, 0.05) is 12.6 Å². The number of hydrogen-bond donors (Lipinski definition) is 2. The van der Waals surface area contributed by atoms with E-state index in [-0.39, 0.29) is 23.9 Å². The summed E-state index contributed by atoms with van der Waals surface area (Å²) in [5.74, 6) is -2.38. The van der Waals surface area contributed by atoms with Crippen LogP contribution in [0.25, 0.3) is 0 Å². The highest BCUT2D eigenvalue weighted by Crippen LogP contribution is 2.23. The summed E-state index contributed by atoms with van der Waals surface area (Å²) in [6.07, 6.45) is 1.44. The van der Waals surface area contributed by atoms with Gasteiger partial charge >= 0.3 is 0 Å². The van der Waals surface area contributed by atoms with Gasteiger partial charge in [0.05, 0.1) is 23.9 Å². The minimum Gasteiger partial charge on any atom is -0.396 e. The summed E-state index contributed by atoms with van der Waals surface area (Å²) in [5, 5.41) is 9.13. The largest absolute Gasteiger partial charge is 0.396 e. The van der Waals surface area contributed by atoms with Crippen LogP contribution in [0.3, 0.4) is 0 Å². The Kier molecular flexibility index (Phi) is 3.47. The molecule has 1 atom stereocenters. The van der Waals surface area contributed by atoms with E-state index in [1.54, 1.807) is 0 Å². The van der Waals surface area contributed by atoms with Gasteiger partial charge in [-0.25, -0.2) is 8.78 Å². The van der Waals surface area contributed by atoms with Crippen LogP contribution >= 0.6 is 0 Å². The molecule has 1 aliphatic heterocycles. The van der Waals surface area contributed by atoms with Crippen LogP contribution in [-0.2, 0) is 0 Å². The van der Waals surface area contributed by atoms with Gasteiger partial charge in [0.1, 0.15) is 11.6 Å². The molecule has 1 aromatic rings. The fraction of sp³-hybridized carbons (Fsp3) is 0.417. The molecule has 0 aromatic heterocycles. The average Bonchev–Trinajstić information content (AvgIpc) is 2.81. The lowest BCUT2D eigenvalue weighted by Gasteiger charge is -2.23. The molecule has 0 spiro atoms. The standard InChI is InChI=1S/C12H14F2N2O2/c13-9-5-10(14)11(15)4-8(9)12(18)16-3-1-2-7(16)6-17/h4-5,7,17H,1-3,6,15H2/t7-/m1/s1. The number of rotatable bonds is 2. The third-order valence-electron chi connectivity index (χ3n) is 3.17. The Bertz CT molecular complexity index is 479. The third kappa shape index (κ3) is 2.15. The van der Waals surface area contributed by atoms with Crippen molar-refractivity contribution in [2.75, 3.05) is 18.9 Å². The van der Waals surface area contributed by atoms with E-state index in [2.05, 4.69) is 0 Å². The van der Waals surface area contributed by atoms with Gasteiger partial charge in [-0.05, 0) is 18.9 Å². The maximum atomic E-state index is 13.6. The summed E-state index contributed by atoms with van der Waals surface area (Å²) < 4.78 is 26.6. The molecule has 0 unspecified atom stereocenters. The summed E-state index contributed by atoms with van der Waals surface area (Å²) in [6, 6.07) is 1.30. The summed E-state index contributed by atoms with van der Waals surface area (Å²) >= 11 is 0. The van der Waals surface area contributed by atoms with Crippen LogP contribution in [0.1, 0.15) is 23.2 Å². The number of nitrogen functional groups attached to an aromatic ring is 1. The lowest BCUT2D eigenvalue weighted by Crippen LogP contribution is -2.38. The topological polar surface area (TPSA) is 66.6 Å². The fourth-order valence-electron chi connectivity index (χ4n) is 2.18. The van der Waals surface area contributed by atoms with Crippen molar-refractivity contribution in [1.82, 2.24) is 4.90 Å². The van der Waals surface area contributed by atoms with Crippen LogP contribution in [0.5, 0.6) is 0 Å². The van der Waals surface area contributed by atoms with Gasteiger partial charge in [-0.15, -0.1) is 0 Å². The Morgan fingerprint density at radius 2 is 2.17 bits per heavy atom. The number of nitrogens with zero attached hydrogens (tertiary/aromatic N) is 1. The van der Waals surface area contributed by atoms with Crippen molar-refractivity contribution in [2.24, 2.45) is 0 Å². The van der Waals surface area contributed by atoms with Gasteiger partial charge in [-0.3, -0.25) is 4.79 Å². The number of benzene rings is 1. The molecule has 1 aromatic carbocycles. The normalized spacial score (nSPS) is 19.3. The highest BCUT2D eigenvalue weighted by Gasteiger charge is 2.30. The Hall–Kier alpha value is -1.69. The molecule has 6 heteroatoms. The van der Waals surface area contributed by atoms with Crippen LogP contribution in [-0.4, -0.2) is 35.1 Å². The fourth-order valence-corrected chi connectivity index (χ4v) is 2.18. The lowest BCUT2D eigenvalue weighted by atomic mass is 10.1. The number of carbonyl (C=O) groups is 1. The zero-order chi connectivity index (χ0) is 13.3. The molecule has 3 N–H and O–H groups in total. The van der Waals surface area contributed by atoms with Crippen LogP contribution < -0.4 is 5.73 Å². The molecule has 98 valence electrons. The van der Waals surface area contributed by atoms with Gasteiger partial charge in [-0.1, -0.05) is 0 Å². The van der Waals surface area contributed by atoms with E-state index in [1.807, 2.05) is 0 Å². The van der Waals surface area contributed by atoms with Crippen molar-refractivity contribution in [3.63, 3.8) is 0 Å². The smallest absolute Gasteiger partial charge is 0.257 e. The third-order valence-corrected chi connectivity index (χ3v) is 3.17. The van der Waals surface area contributed by atoms with E-state index >= 15 is 0 Å². The summed E-state index contributed by atoms with van der Waals surface area (Å²) in [4.78, 5) is 13.5. The molecular formula is C12H14F2N2O2. The second-order valence-electron chi connectivity index (χ2n) is 4.33. The Labute approximate surface area is 103 Å². The highest BCUT2D eigenvalue weighted by atomic mass is 19.1. The van der Waals surface area contributed by atoms with Crippen LogP contribution in [0, 0.1) is 11.6 Å². The Balaban J connectivity index is 2.31. The second kappa shape index (κ2) is 4.89. The van der Waals surface area contributed by atoms with E-state index in [4.69, 9.17) is 10.8 Å². The van der Waals surface area contributed by atoms with Gasteiger partial charge in [0.15, 0.2) is 0 Å². The zero-order valence-electron chi connectivity index (χ0n) is 9.70. The molecule has 1 amide bonds. The molecule has 0 aliphatic carbocycles. The van der Waals surface area contributed by atoms with Crippen molar-refractivity contribution in [2.45, 2.75) is 18.9 Å². The molecule has 0 radical (unpaired) electrons. The summed E-state index contributed by atoms with van der Waals surface area (Å²) in [5.41, 5.74) is 4.81. The zero-order valence-corrected chi connectivity index (χ0v) is 9.70.